The number of nitrogens with one attached hydrogen (secondary N) is 1. The molecule has 6 heteroatoms. The minimum Gasteiger partial charge on any atom is -0.389 e. The highest BCUT2D eigenvalue weighted by molar-refractivity contribution is 6.30. The Hall–Kier alpha value is -1.85. The van der Waals surface area contributed by atoms with Crippen molar-refractivity contribution in [2.24, 2.45) is 0 Å². The molecule has 0 aliphatic heterocycles. The van der Waals surface area contributed by atoms with Crippen LogP contribution in [0.2, 0.25) is 5.02 Å². The fraction of sp³-hybridized carbons (Fsp3) is 0.444. The molecule has 3 rings (SSSR count). The Morgan fingerprint density at radius 3 is 2.83 bits per heavy atom. The van der Waals surface area contributed by atoms with Crippen LogP contribution in [-0.2, 0) is 4.79 Å². The Morgan fingerprint density at radius 1 is 1.38 bits per heavy atom. The first-order chi connectivity index (χ1) is 11.5. The monoisotopic (exact) mass is 347 g/mol. The number of carbonyl (C=O) groups excluding carboxylic acids is 1. The van der Waals surface area contributed by atoms with Gasteiger partial charge in [0.05, 0.1) is 35.3 Å². The fourth-order valence-electron chi connectivity index (χ4n) is 3.28. The van der Waals surface area contributed by atoms with Crippen LogP contribution in [0.15, 0.2) is 30.5 Å². The Labute approximate surface area is 146 Å². The lowest BCUT2D eigenvalue weighted by molar-refractivity contribution is -0.122. The minimum absolute atomic E-state index is 0.134. The molecule has 2 N–H and O–H groups in total. The predicted octanol–water partition coefficient (Wildman–Crippen LogP) is 3.86. The van der Waals surface area contributed by atoms with Gasteiger partial charge in [-0.05, 0) is 38.0 Å². The molecular formula is C18H22ClN3O2. The van der Waals surface area contributed by atoms with Crippen molar-refractivity contribution in [3.63, 3.8) is 0 Å². The van der Waals surface area contributed by atoms with Gasteiger partial charge >= 0.3 is 0 Å². The second-order valence-electron chi connectivity index (χ2n) is 6.55. The highest BCUT2D eigenvalue weighted by Gasteiger charge is 2.31. The summed E-state index contributed by atoms with van der Waals surface area (Å²) in [4.78, 5) is 12.3. The summed E-state index contributed by atoms with van der Waals surface area (Å²) in [6.07, 6.45) is 6.25. The summed E-state index contributed by atoms with van der Waals surface area (Å²) in [5, 5.41) is 18.3. The Morgan fingerprint density at radius 2 is 2.12 bits per heavy atom. The topological polar surface area (TPSA) is 67.2 Å². The van der Waals surface area contributed by atoms with Crippen molar-refractivity contribution >= 4 is 23.2 Å². The lowest BCUT2D eigenvalue weighted by Gasteiger charge is -2.31. The average Bonchev–Trinajstić information content (AvgIpc) is 2.88. The third kappa shape index (κ3) is 3.79. The molecular weight excluding hydrogens is 326 g/mol. The number of carbonyl (C=O) groups is 1. The van der Waals surface area contributed by atoms with E-state index in [1.807, 2.05) is 25.1 Å². The summed E-state index contributed by atoms with van der Waals surface area (Å²) in [5.74, 6) is -0.173. The zero-order valence-corrected chi connectivity index (χ0v) is 14.5. The molecule has 1 aromatic carbocycles. The molecule has 0 atom stereocenters. The largest absolute Gasteiger partial charge is 0.389 e. The molecule has 1 aliphatic carbocycles. The molecule has 24 heavy (non-hydrogen) atoms. The lowest BCUT2D eigenvalue weighted by atomic mass is 9.82. The fourth-order valence-corrected chi connectivity index (χ4v) is 3.46. The Kier molecular flexibility index (Phi) is 4.92. The summed E-state index contributed by atoms with van der Waals surface area (Å²) in [6.45, 7) is 1.89. The number of anilines is 1. The molecule has 0 radical (unpaired) electrons. The van der Waals surface area contributed by atoms with E-state index in [4.69, 9.17) is 11.6 Å². The van der Waals surface area contributed by atoms with Crippen molar-refractivity contribution in [3.05, 3.63) is 41.2 Å². The summed E-state index contributed by atoms with van der Waals surface area (Å²) in [6, 6.07) is 7.38. The summed E-state index contributed by atoms with van der Waals surface area (Å²) >= 11 is 6.02. The second-order valence-corrected chi connectivity index (χ2v) is 6.98. The van der Waals surface area contributed by atoms with Gasteiger partial charge in [-0.2, -0.15) is 5.10 Å². The van der Waals surface area contributed by atoms with E-state index in [1.54, 1.807) is 16.9 Å². The van der Waals surface area contributed by atoms with E-state index in [0.29, 0.717) is 23.6 Å². The number of benzene rings is 1. The van der Waals surface area contributed by atoms with Crippen molar-refractivity contribution < 1.29 is 9.90 Å². The van der Waals surface area contributed by atoms with Gasteiger partial charge in [-0.3, -0.25) is 4.79 Å². The molecule has 0 bridgehead atoms. The summed E-state index contributed by atoms with van der Waals surface area (Å²) in [5.41, 5.74) is 1.45. The van der Waals surface area contributed by atoms with Crippen LogP contribution in [0.1, 0.15) is 44.2 Å². The third-order valence-electron chi connectivity index (χ3n) is 4.61. The highest BCUT2D eigenvalue weighted by atomic mass is 35.5. The van der Waals surface area contributed by atoms with Crippen molar-refractivity contribution in [3.8, 4) is 5.69 Å². The van der Waals surface area contributed by atoms with Gasteiger partial charge in [-0.25, -0.2) is 4.68 Å². The first-order valence-electron chi connectivity index (χ1n) is 8.30. The van der Waals surface area contributed by atoms with Crippen LogP contribution >= 0.6 is 11.6 Å². The van der Waals surface area contributed by atoms with Gasteiger partial charge in [0, 0.05) is 5.02 Å². The first kappa shape index (κ1) is 17.0. The van der Waals surface area contributed by atoms with Gasteiger partial charge in [0.15, 0.2) is 0 Å². The molecule has 1 heterocycles. The van der Waals surface area contributed by atoms with Gasteiger partial charge in [-0.15, -0.1) is 0 Å². The van der Waals surface area contributed by atoms with Gasteiger partial charge in [0.2, 0.25) is 5.91 Å². The van der Waals surface area contributed by atoms with Crippen LogP contribution in [0.5, 0.6) is 0 Å². The molecule has 1 amide bonds. The average molecular weight is 348 g/mol. The third-order valence-corrected chi connectivity index (χ3v) is 4.85. The smallest absolute Gasteiger partial charge is 0.227 e. The first-order valence-corrected chi connectivity index (χ1v) is 8.67. The molecule has 1 saturated carbocycles. The minimum atomic E-state index is -0.862. The number of aromatic nitrogens is 2. The number of rotatable bonds is 4. The van der Waals surface area contributed by atoms with Gasteiger partial charge < -0.3 is 10.4 Å². The second kappa shape index (κ2) is 6.95. The number of hydrogen-bond acceptors (Lipinski definition) is 3. The van der Waals surface area contributed by atoms with Crippen LogP contribution in [-0.4, -0.2) is 26.4 Å². The molecule has 0 unspecified atom stereocenters. The zero-order chi connectivity index (χ0) is 17.2. The quantitative estimate of drug-likeness (QED) is 0.882. The predicted molar refractivity (Wildman–Crippen MR) is 94.6 cm³/mol. The van der Waals surface area contributed by atoms with E-state index in [-0.39, 0.29) is 12.3 Å². The van der Waals surface area contributed by atoms with Crippen molar-refractivity contribution in [1.82, 2.24) is 9.78 Å². The standard InChI is InChI=1S/C18H22ClN3O2/c1-13-16(12-20-22(13)15-7-5-6-14(19)10-15)21-17(23)11-18(24)8-3-2-4-9-18/h5-7,10,12,24H,2-4,8-9,11H2,1H3,(H,21,23). The van der Waals surface area contributed by atoms with Crippen LogP contribution in [0.25, 0.3) is 5.69 Å². The Balaban J connectivity index is 1.71. The van der Waals surface area contributed by atoms with Crippen LogP contribution in [0.4, 0.5) is 5.69 Å². The molecule has 2 aromatic rings. The van der Waals surface area contributed by atoms with E-state index in [9.17, 15) is 9.90 Å². The molecule has 5 nitrogen and oxygen atoms in total. The van der Waals surface area contributed by atoms with Gasteiger partial charge in [0.1, 0.15) is 0 Å². The maximum Gasteiger partial charge on any atom is 0.227 e. The summed E-state index contributed by atoms with van der Waals surface area (Å²) < 4.78 is 1.73. The highest BCUT2D eigenvalue weighted by Crippen LogP contribution is 2.31. The summed E-state index contributed by atoms with van der Waals surface area (Å²) in [7, 11) is 0. The Bertz CT molecular complexity index is 736. The van der Waals surface area contributed by atoms with E-state index in [0.717, 1.165) is 30.6 Å². The number of hydrogen-bond donors (Lipinski definition) is 2. The molecule has 1 aromatic heterocycles. The van der Waals surface area contributed by atoms with Crippen LogP contribution < -0.4 is 5.32 Å². The SMILES string of the molecule is Cc1c(NC(=O)CC2(O)CCCCC2)cnn1-c1cccc(Cl)c1. The van der Waals surface area contributed by atoms with Crippen LogP contribution in [0, 0.1) is 6.92 Å². The maximum atomic E-state index is 12.3. The van der Waals surface area contributed by atoms with Crippen molar-refractivity contribution in [1.29, 1.82) is 0 Å². The van der Waals surface area contributed by atoms with E-state index >= 15 is 0 Å². The molecule has 0 saturated heterocycles. The molecule has 1 aliphatic rings. The molecule has 1 fully saturated rings. The van der Waals surface area contributed by atoms with E-state index < -0.39 is 5.60 Å². The zero-order valence-electron chi connectivity index (χ0n) is 13.8. The van der Waals surface area contributed by atoms with Gasteiger partial charge in [-0.1, -0.05) is 36.9 Å². The van der Waals surface area contributed by atoms with Crippen molar-refractivity contribution in [2.45, 2.75) is 51.0 Å². The lowest BCUT2D eigenvalue weighted by Crippen LogP contribution is -2.35. The molecule has 0 spiro atoms. The van der Waals surface area contributed by atoms with Crippen LogP contribution in [0.3, 0.4) is 0 Å². The maximum absolute atomic E-state index is 12.3. The number of amides is 1. The number of nitrogens with zero attached hydrogens (tertiary/aromatic N) is 2. The number of aliphatic hydroxyl groups is 1. The normalized spacial score (nSPS) is 16.8. The van der Waals surface area contributed by atoms with E-state index in [1.165, 1.54) is 0 Å². The van der Waals surface area contributed by atoms with Gasteiger partial charge in [0.25, 0.3) is 0 Å². The van der Waals surface area contributed by atoms with E-state index in [2.05, 4.69) is 10.4 Å². The van der Waals surface area contributed by atoms with Crippen molar-refractivity contribution in [2.75, 3.05) is 5.32 Å². The number of halogens is 1. The molecule has 128 valence electrons.